The molecule has 0 saturated carbocycles. The van der Waals surface area contributed by atoms with Crippen LogP contribution in [0, 0.1) is 17.1 Å². The molecule has 0 atom stereocenters. The zero-order chi connectivity index (χ0) is 20.1. The largest absolute Gasteiger partial charge is 0.319 e. The van der Waals surface area contributed by atoms with E-state index in [1.54, 1.807) is 29.2 Å². The molecule has 6 heteroatoms. The highest BCUT2D eigenvalue weighted by atomic mass is 19.1. The van der Waals surface area contributed by atoms with Crippen LogP contribution in [0.3, 0.4) is 0 Å². The van der Waals surface area contributed by atoms with Gasteiger partial charge in [0.15, 0.2) is 0 Å². The summed E-state index contributed by atoms with van der Waals surface area (Å²) in [7, 11) is 0. The Morgan fingerprint density at radius 1 is 1.14 bits per heavy atom. The number of nitrogens with zero attached hydrogens (tertiary/aromatic N) is 2. The molecule has 2 amide bonds. The summed E-state index contributed by atoms with van der Waals surface area (Å²) in [6, 6.07) is 14.6. The molecule has 2 aromatic carbocycles. The molecule has 28 heavy (non-hydrogen) atoms. The second-order valence-corrected chi connectivity index (χ2v) is 6.48. The first-order valence-corrected chi connectivity index (χ1v) is 9.20. The van der Waals surface area contributed by atoms with Crippen LogP contribution in [0.4, 0.5) is 15.8 Å². The number of carbonyl (C=O) groups is 2. The van der Waals surface area contributed by atoms with Gasteiger partial charge in [0.05, 0.1) is 16.9 Å². The van der Waals surface area contributed by atoms with Gasteiger partial charge in [-0.1, -0.05) is 50.1 Å². The summed E-state index contributed by atoms with van der Waals surface area (Å²) in [4.78, 5) is 27.3. The first-order chi connectivity index (χ1) is 13.6. The minimum absolute atomic E-state index is 0.0422. The summed E-state index contributed by atoms with van der Waals surface area (Å²) in [5, 5.41) is 12.0. The molecule has 0 unspecified atom stereocenters. The van der Waals surface area contributed by atoms with Crippen molar-refractivity contribution >= 4 is 28.8 Å². The molecule has 5 nitrogen and oxygen atoms in total. The van der Waals surface area contributed by atoms with Crippen LogP contribution in [0.1, 0.15) is 31.7 Å². The van der Waals surface area contributed by atoms with Crippen molar-refractivity contribution in [1.29, 1.82) is 5.26 Å². The maximum absolute atomic E-state index is 13.9. The summed E-state index contributed by atoms with van der Waals surface area (Å²) < 4.78 is 13.9. The second-order valence-electron chi connectivity index (χ2n) is 6.48. The van der Waals surface area contributed by atoms with E-state index in [9.17, 15) is 19.2 Å². The highest BCUT2D eigenvalue weighted by Gasteiger charge is 2.36. The lowest BCUT2D eigenvalue weighted by atomic mass is 10.0. The van der Waals surface area contributed by atoms with E-state index in [1.807, 2.05) is 12.1 Å². The Balaban J connectivity index is 1.99. The summed E-state index contributed by atoms with van der Waals surface area (Å²) >= 11 is 0. The van der Waals surface area contributed by atoms with E-state index < -0.39 is 11.7 Å². The molecule has 0 radical (unpaired) electrons. The lowest BCUT2D eigenvalue weighted by Crippen LogP contribution is -2.28. The Morgan fingerprint density at radius 3 is 2.57 bits per heavy atom. The van der Waals surface area contributed by atoms with E-state index in [2.05, 4.69) is 12.2 Å². The third kappa shape index (κ3) is 3.65. The van der Waals surface area contributed by atoms with Crippen molar-refractivity contribution in [2.24, 2.45) is 0 Å². The van der Waals surface area contributed by atoms with Crippen molar-refractivity contribution in [3.8, 4) is 6.07 Å². The monoisotopic (exact) mass is 377 g/mol. The highest BCUT2D eigenvalue weighted by molar-refractivity contribution is 6.37. The van der Waals surface area contributed by atoms with Crippen molar-refractivity contribution in [1.82, 2.24) is 0 Å². The quantitative estimate of drug-likeness (QED) is 0.464. The topological polar surface area (TPSA) is 73.2 Å². The Labute approximate surface area is 163 Å². The molecule has 1 N–H and O–H groups in total. The first kappa shape index (κ1) is 19.3. The van der Waals surface area contributed by atoms with Crippen molar-refractivity contribution < 1.29 is 14.0 Å². The van der Waals surface area contributed by atoms with Crippen LogP contribution in [-0.2, 0) is 9.59 Å². The number of fused-ring (bicyclic) bond motifs is 1. The zero-order valence-electron chi connectivity index (χ0n) is 15.5. The van der Waals surface area contributed by atoms with Crippen LogP contribution < -0.4 is 10.2 Å². The van der Waals surface area contributed by atoms with E-state index in [1.165, 1.54) is 18.2 Å². The van der Waals surface area contributed by atoms with E-state index >= 15 is 0 Å². The van der Waals surface area contributed by atoms with Crippen LogP contribution in [0.5, 0.6) is 0 Å². The molecule has 142 valence electrons. The van der Waals surface area contributed by atoms with Crippen LogP contribution in [0.15, 0.2) is 54.1 Å². The van der Waals surface area contributed by atoms with Gasteiger partial charge in [-0.3, -0.25) is 9.59 Å². The van der Waals surface area contributed by atoms with E-state index in [4.69, 9.17) is 0 Å². The molecule has 0 aromatic heterocycles. The number of para-hydroxylation sites is 2. The number of nitriles is 1. The van der Waals surface area contributed by atoms with Gasteiger partial charge in [-0.2, -0.15) is 5.26 Å². The Kier molecular flexibility index (Phi) is 5.85. The number of benzene rings is 2. The number of rotatable bonds is 6. The number of nitrogens with one attached hydrogen (secondary N) is 1. The Morgan fingerprint density at radius 2 is 1.86 bits per heavy atom. The van der Waals surface area contributed by atoms with Gasteiger partial charge in [-0.05, 0) is 24.6 Å². The van der Waals surface area contributed by atoms with E-state index in [0.717, 1.165) is 19.3 Å². The zero-order valence-corrected chi connectivity index (χ0v) is 15.5. The Bertz CT molecular complexity index is 991. The van der Waals surface area contributed by atoms with Crippen LogP contribution in [-0.4, -0.2) is 18.4 Å². The molecule has 0 fully saturated rings. The number of unbranched alkanes of at least 4 members (excludes halogenated alkanes) is 2. The molecular weight excluding hydrogens is 357 g/mol. The maximum Gasteiger partial charge on any atom is 0.267 e. The van der Waals surface area contributed by atoms with Gasteiger partial charge < -0.3 is 10.2 Å². The van der Waals surface area contributed by atoms with Crippen LogP contribution in [0.2, 0.25) is 0 Å². The number of anilines is 2. The van der Waals surface area contributed by atoms with E-state index in [0.29, 0.717) is 17.8 Å². The molecule has 1 heterocycles. The normalized spacial score (nSPS) is 14.5. The van der Waals surface area contributed by atoms with Gasteiger partial charge in [0, 0.05) is 12.1 Å². The average Bonchev–Trinajstić information content (AvgIpc) is 2.97. The van der Waals surface area contributed by atoms with Gasteiger partial charge in [-0.15, -0.1) is 0 Å². The molecule has 1 aliphatic heterocycles. The highest BCUT2D eigenvalue weighted by Crippen LogP contribution is 2.38. The van der Waals surface area contributed by atoms with Crippen molar-refractivity contribution in [2.45, 2.75) is 26.2 Å². The predicted octanol–water partition coefficient (Wildman–Crippen LogP) is 4.28. The van der Waals surface area contributed by atoms with E-state index in [-0.39, 0.29) is 22.7 Å². The second kappa shape index (κ2) is 8.49. The van der Waals surface area contributed by atoms with Gasteiger partial charge >= 0.3 is 0 Å². The third-order valence-electron chi connectivity index (χ3n) is 4.62. The number of carbonyl (C=O) groups excluding carboxylic acids is 2. The maximum atomic E-state index is 13.9. The Hall–Kier alpha value is -3.46. The summed E-state index contributed by atoms with van der Waals surface area (Å²) in [6.45, 7) is 2.59. The van der Waals surface area contributed by atoms with Crippen molar-refractivity contribution in [2.75, 3.05) is 16.8 Å². The van der Waals surface area contributed by atoms with Crippen molar-refractivity contribution in [3.63, 3.8) is 0 Å². The minimum atomic E-state index is -0.804. The number of hydrogen-bond acceptors (Lipinski definition) is 3. The molecule has 0 bridgehead atoms. The van der Waals surface area contributed by atoms with Gasteiger partial charge in [0.2, 0.25) is 0 Å². The molecule has 0 spiro atoms. The molecule has 0 aliphatic carbocycles. The molecule has 1 aliphatic rings. The summed E-state index contributed by atoms with van der Waals surface area (Å²) in [6.07, 6.45) is 2.82. The average molecular weight is 377 g/mol. The summed E-state index contributed by atoms with van der Waals surface area (Å²) in [5.74, 6) is -1.80. The lowest BCUT2D eigenvalue weighted by Gasteiger charge is -2.16. The molecule has 0 saturated heterocycles. The SMILES string of the molecule is CCCCCN1C(=O)C(=C(C#N)C(=O)Nc2ccccc2F)c2ccccc21. The fourth-order valence-electron chi connectivity index (χ4n) is 3.23. The third-order valence-corrected chi connectivity index (χ3v) is 4.62. The minimum Gasteiger partial charge on any atom is -0.319 e. The molecule has 2 aromatic rings. The summed E-state index contributed by atoms with van der Waals surface area (Å²) in [5.41, 5.74) is 0.927. The van der Waals surface area contributed by atoms with Gasteiger partial charge in [-0.25, -0.2) is 4.39 Å². The number of halogens is 1. The molecule has 3 rings (SSSR count). The van der Waals surface area contributed by atoms with Crippen LogP contribution >= 0.6 is 0 Å². The number of amides is 2. The van der Waals surface area contributed by atoms with Crippen molar-refractivity contribution in [3.05, 3.63) is 65.5 Å². The first-order valence-electron chi connectivity index (χ1n) is 9.20. The van der Waals surface area contributed by atoms with Crippen LogP contribution in [0.25, 0.3) is 5.57 Å². The van der Waals surface area contributed by atoms with Gasteiger partial charge in [0.1, 0.15) is 17.5 Å². The fraction of sp³-hybridized carbons (Fsp3) is 0.227. The fourth-order valence-corrected chi connectivity index (χ4v) is 3.23. The predicted molar refractivity (Wildman–Crippen MR) is 106 cm³/mol. The smallest absolute Gasteiger partial charge is 0.267 e. The van der Waals surface area contributed by atoms with Gasteiger partial charge in [0.25, 0.3) is 11.8 Å². The number of hydrogen-bond donors (Lipinski definition) is 1. The lowest BCUT2D eigenvalue weighted by molar-refractivity contribution is -0.114. The standard InChI is InChI=1S/C22H20FN3O2/c1-2-3-8-13-26-19-12-7-4-9-15(19)20(22(26)28)16(14-24)21(27)25-18-11-6-5-10-17(18)23/h4-7,9-12H,2-3,8,13H2,1H3,(H,25,27). The molecular formula is C22H20FN3O2.